The fraction of sp³-hybridized carbons (Fsp3) is 0.333. The maximum absolute atomic E-state index is 12.5. The van der Waals surface area contributed by atoms with Crippen LogP contribution in [-0.4, -0.2) is 37.5 Å². The van der Waals surface area contributed by atoms with Crippen LogP contribution < -0.4 is 5.32 Å². The van der Waals surface area contributed by atoms with Crippen LogP contribution in [0.2, 0.25) is 0 Å². The second kappa shape index (κ2) is 8.67. The van der Waals surface area contributed by atoms with Crippen molar-refractivity contribution < 1.29 is 18.0 Å². The van der Waals surface area contributed by atoms with Crippen molar-refractivity contribution in [1.82, 2.24) is 4.31 Å². The minimum Gasteiger partial charge on any atom is -0.322 e. The fourth-order valence-corrected chi connectivity index (χ4v) is 4.83. The molecule has 0 aliphatic carbocycles. The number of Topliss-reactive ketones (excluding diaryl/α,β-unsaturated/α-hetero) is 1. The Balaban J connectivity index is 1.66. The van der Waals surface area contributed by atoms with Gasteiger partial charge in [-0.15, -0.1) is 0 Å². The Kier molecular flexibility index (Phi) is 6.26. The molecule has 0 aromatic heterocycles. The van der Waals surface area contributed by atoms with E-state index in [-0.39, 0.29) is 17.4 Å². The van der Waals surface area contributed by atoms with Crippen molar-refractivity contribution in [2.24, 2.45) is 0 Å². The molecule has 6 nitrogen and oxygen atoms in total. The Hall–Kier alpha value is -2.51. The van der Waals surface area contributed by atoms with Crippen LogP contribution in [0.15, 0.2) is 48.5 Å². The highest BCUT2D eigenvalue weighted by Gasteiger charge is 2.24. The molecule has 0 radical (unpaired) electrons. The van der Waals surface area contributed by atoms with Crippen molar-refractivity contribution in [2.45, 2.75) is 31.9 Å². The SMILES string of the molecule is CC(=O)c1cccc(NC(=O)c2ccc(CS(=O)(=O)N3CCCCC3)cc2)c1. The molecule has 1 fully saturated rings. The van der Waals surface area contributed by atoms with Crippen LogP contribution in [0.25, 0.3) is 0 Å². The van der Waals surface area contributed by atoms with Gasteiger partial charge in [0.15, 0.2) is 5.78 Å². The first-order valence-electron chi connectivity index (χ1n) is 9.34. The summed E-state index contributed by atoms with van der Waals surface area (Å²) in [6.07, 6.45) is 2.89. The Morgan fingerprint density at radius 3 is 2.29 bits per heavy atom. The fourth-order valence-electron chi connectivity index (χ4n) is 3.22. The highest BCUT2D eigenvalue weighted by Crippen LogP contribution is 2.18. The number of carbonyl (C=O) groups is 2. The number of ketones is 1. The van der Waals surface area contributed by atoms with Crippen LogP contribution in [-0.2, 0) is 15.8 Å². The van der Waals surface area contributed by atoms with Gasteiger partial charge in [-0.1, -0.05) is 30.7 Å². The van der Waals surface area contributed by atoms with E-state index in [1.165, 1.54) is 6.92 Å². The molecule has 1 N–H and O–H groups in total. The van der Waals surface area contributed by atoms with E-state index >= 15 is 0 Å². The van der Waals surface area contributed by atoms with Gasteiger partial charge in [0.1, 0.15) is 0 Å². The number of nitrogens with one attached hydrogen (secondary N) is 1. The zero-order valence-corrected chi connectivity index (χ0v) is 16.7. The van der Waals surface area contributed by atoms with E-state index in [1.807, 2.05) is 0 Å². The number of rotatable bonds is 6. The summed E-state index contributed by atoms with van der Waals surface area (Å²) >= 11 is 0. The molecular weight excluding hydrogens is 376 g/mol. The number of anilines is 1. The summed E-state index contributed by atoms with van der Waals surface area (Å²) in [7, 11) is -3.33. The molecule has 1 amide bonds. The third kappa shape index (κ3) is 5.05. The van der Waals surface area contributed by atoms with E-state index < -0.39 is 10.0 Å². The molecule has 2 aromatic rings. The number of carbonyl (C=O) groups excluding carboxylic acids is 2. The number of nitrogens with zero attached hydrogens (tertiary/aromatic N) is 1. The zero-order chi connectivity index (χ0) is 20.1. The monoisotopic (exact) mass is 400 g/mol. The largest absolute Gasteiger partial charge is 0.322 e. The summed E-state index contributed by atoms with van der Waals surface area (Å²) in [6, 6.07) is 13.3. The number of amides is 1. The molecule has 0 bridgehead atoms. The number of piperidine rings is 1. The van der Waals surface area contributed by atoms with Gasteiger partial charge >= 0.3 is 0 Å². The molecule has 1 saturated heterocycles. The normalized spacial score (nSPS) is 15.2. The first-order valence-corrected chi connectivity index (χ1v) is 11.0. The summed E-state index contributed by atoms with van der Waals surface area (Å²) in [4.78, 5) is 23.9. The van der Waals surface area contributed by atoms with E-state index in [1.54, 1.807) is 52.8 Å². The summed E-state index contributed by atoms with van der Waals surface area (Å²) in [6.45, 7) is 2.64. The molecule has 0 unspecified atom stereocenters. The van der Waals surface area contributed by atoms with Gasteiger partial charge in [-0.05, 0) is 49.6 Å². The van der Waals surface area contributed by atoms with Crippen LogP contribution in [0.5, 0.6) is 0 Å². The van der Waals surface area contributed by atoms with Gasteiger partial charge in [-0.25, -0.2) is 12.7 Å². The summed E-state index contributed by atoms with van der Waals surface area (Å²) in [5.74, 6) is -0.447. The molecule has 0 spiro atoms. The smallest absolute Gasteiger partial charge is 0.255 e. The highest BCUT2D eigenvalue weighted by molar-refractivity contribution is 7.88. The molecule has 1 aliphatic rings. The maximum atomic E-state index is 12.5. The van der Waals surface area contributed by atoms with E-state index in [9.17, 15) is 18.0 Å². The number of sulfonamides is 1. The number of hydrogen-bond acceptors (Lipinski definition) is 4. The van der Waals surface area contributed by atoms with Crippen molar-refractivity contribution in [3.05, 3.63) is 65.2 Å². The Bertz CT molecular complexity index is 962. The zero-order valence-electron chi connectivity index (χ0n) is 15.8. The summed E-state index contributed by atoms with van der Waals surface area (Å²) < 4.78 is 26.6. The van der Waals surface area contributed by atoms with Crippen LogP contribution in [0.4, 0.5) is 5.69 Å². The first-order chi connectivity index (χ1) is 13.3. The third-order valence-electron chi connectivity index (χ3n) is 4.80. The standard InChI is InChI=1S/C21H24N2O4S/c1-16(24)19-6-5-7-20(14-19)22-21(25)18-10-8-17(9-11-18)15-28(26,27)23-12-3-2-4-13-23/h5-11,14H,2-4,12-13,15H2,1H3,(H,22,25). The number of benzene rings is 2. The van der Waals surface area contributed by atoms with Crippen LogP contribution in [0.3, 0.4) is 0 Å². The second-order valence-corrected chi connectivity index (χ2v) is 8.97. The minimum atomic E-state index is -3.33. The van der Waals surface area contributed by atoms with Gasteiger partial charge in [-0.3, -0.25) is 9.59 Å². The van der Waals surface area contributed by atoms with Gasteiger partial charge in [-0.2, -0.15) is 0 Å². The van der Waals surface area contributed by atoms with Crippen LogP contribution in [0.1, 0.15) is 52.5 Å². The van der Waals surface area contributed by atoms with Gasteiger partial charge in [0.25, 0.3) is 5.91 Å². The molecule has 2 aromatic carbocycles. The van der Waals surface area contributed by atoms with Crippen LogP contribution >= 0.6 is 0 Å². The number of hydrogen-bond donors (Lipinski definition) is 1. The minimum absolute atomic E-state index is 0.0600. The lowest BCUT2D eigenvalue weighted by Gasteiger charge is -2.25. The Morgan fingerprint density at radius 2 is 1.64 bits per heavy atom. The molecule has 1 heterocycles. The highest BCUT2D eigenvalue weighted by atomic mass is 32.2. The van der Waals surface area contributed by atoms with E-state index in [4.69, 9.17) is 0 Å². The summed E-state index contributed by atoms with van der Waals surface area (Å²) in [5.41, 5.74) is 2.14. The predicted octanol–water partition coefficient (Wildman–Crippen LogP) is 3.46. The van der Waals surface area contributed by atoms with Crippen molar-refractivity contribution >= 4 is 27.4 Å². The molecule has 0 saturated carbocycles. The Morgan fingerprint density at radius 1 is 0.964 bits per heavy atom. The molecule has 1 aliphatic heterocycles. The van der Waals surface area contributed by atoms with Crippen LogP contribution in [0, 0.1) is 0 Å². The molecule has 7 heteroatoms. The molecular formula is C21H24N2O4S. The van der Waals surface area contributed by atoms with Gasteiger partial charge in [0, 0.05) is 29.9 Å². The van der Waals surface area contributed by atoms with Crippen molar-refractivity contribution in [3.63, 3.8) is 0 Å². The van der Waals surface area contributed by atoms with E-state index in [2.05, 4.69) is 5.32 Å². The molecule has 148 valence electrons. The average Bonchev–Trinajstić information content (AvgIpc) is 2.69. The third-order valence-corrected chi connectivity index (χ3v) is 6.65. The lowest BCUT2D eigenvalue weighted by molar-refractivity contribution is 0.101. The van der Waals surface area contributed by atoms with Gasteiger partial charge in [0.05, 0.1) is 5.75 Å². The lowest BCUT2D eigenvalue weighted by Crippen LogP contribution is -2.36. The predicted molar refractivity (Wildman–Crippen MR) is 109 cm³/mol. The first kappa shape index (κ1) is 20.2. The molecule has 28 heavy (non-hydrogen) atoms. The van der Waals surface area contributed by atoms with E-state index in [0.29, 0.717) is 35.5 Å². The Labute approximate surface area is 165 Å². The maximum Gasteiger partial charge on any atom is 0.255 e. The topological polar surface area (TPSA) is 83.5 Å². The van der Waals surface area contributed by atoms with Crippen molar-refractivity contribution in [3.8, 4) is 0 Å². The lowest BCUT2D eigenvalue weighted by atomic mass is 10.1. The van der Waals surface area contributed by atoms with Crippen molar-refractivity contribution in [1.29, 1.82) is 0 Å². The van der Waals surface area contributed by atoms with Gasteiger partial charge < -0.3 is 5.32 Å². The molecule has 0 atom stereocenters. The average molecular weight is 401 g/mol. The second-order valence-electron chi connectivity index (χ2n) is 7.00. The van der Waals surface area contributed by atoms with Crippen molar-refractivity contribution in [2.75, 3.05) is 18.4 Å². The van der Waals surface area contributed by atoms with Gasteiger partial charge in [0.2, 0.25) is 10.0 Å². The quantitative estimate of drug-likeness (QED) is 0.753. The van der Waals surface area contributed by atoms with E-state index in [0.717, 1.165) is 19.3 Å². The summed E-state index contributed by atoms with van der Waals surface area (Å²) in [5, 5.41) is 2.76. The molecule has 3 rings (SSSR count).